The van der Waals surface area contributed by atoms with E-state index in [1.165, 1.54) is 29.7 Å². The number of amides is 2. The molecule has 3 N–H and O–H groups in total. The monoisotopic (exact) mass is 437 g/mol. The maximum Gasteiger partial charge on any atom is 0.254 e. The zero-order valence-electron chi connectivity index (χ0n) is 17.9. The summed E-state index contributed by atoms with van der Waals surface area (Å²) in [5.41, 5.74) is 3.13. The molecule has 2 amide bonds. The summed E-state index contributed by atoms with van der Waals surface area (Å²) in [6.07, 6.45) is 8.46. The van der Waals surface area contributed by atoms with E-state index in [1.807, 2.05) is 6.07 Å². The van der Waals surface area contributed by atoms with Gasteiger partial charge in [-0.2, -0.15) is 0 Å². The van der Waals surface area contributed by atoms with Crippen LogP contribution >= 0.6 is 11.3 Å². The second-order valence-electron chi connectivity index (χ2n) is 9.28. The van der Waals surface area contributed by atoms with Crippen molar-refractivity contribution in [2.45, 2.75) is 64.0 Å². The lowest BCUT2D eigenvalue weighted by Gasteiger charge is -2.26. The van der Waals surface area contributed by atoms with Gasteiger partial charge in [0.1, 0.15) is 5.00 Å². The van der Waals surface area contributed by atoms with Crippen molar-refractivity contribution in [1.82, 2.24) is 10.6 Å². The van der Waals surface area contributed by atoms with Gasteiger partial charge in [-0.15, -0.1) is 11.3 Å². The van der Waals surface area contributed by atoms with Gasteiger partial charge in [-0.3, -0.25) is 9.59 Å². The zero-order chi connectivity index (χ0) is 21.2. The second-order valence-corrected chi connectivity index (χ2v) is 10.4. The van der Waals surface area contributed by atoms with Crippen molar-refractivity contribution in [3.63, 3.8) is 0 Å². The summed E-state index contributed by atoms with van der Waals surface area (Å²) in [4.78, 5) is 26.9. The van der Waals surface area contributed by atoms with Gasteiger partial charge in [0, 0.05) is 29.9 Å². The van der Waals surface area contributed by atoms with Crippen LogP contribution in [0.4, 0.5) is 5.00 Å². The molecule has 3 aliphatic rings. The van der Waals surface area contributed by atoms with Gasteiger partial charge in [0.2, 0.25) is 5.91 Å². The molecule has 0 aliphatic heterocycles. The minimum Gasteiger partial charge on any atom is -0.352 e. The number of carbonyl (C=O) groups excluding carboxylic acids is 2. The van der Waals surface area contributed by atoms with Crippen LogP contribution in [0, 0.1) is 11.8 Å². The normalized spacial score (nSPS) is 20.6. The first-order chi connectivity index (χ1) is 15.2. The molecular formula is C25H31N3O2S. The number of nitrogens with one attached hydrogen (secondary N) is 3. The highest BCUT2D eigenvalue weighted by Crippen LogP contribution is 2.40. The number of anilines is 1. The molecule has 5 rings (SSSR count). The Morgan fingerprint density at radius 3 is 2.55 bits per heavy atom. The Bertz CT molecular complexity index is 947. The molecule has 1 heterocycles. The van der Waals surface area contributed by atoms with E-state index in [0.717, 1.165) is 61.3 Å². The van der Waals surface area contributed by atoms with E-state index in [0.29, 0.717) is 12.0 Å². The van der Waals surface area contributed by atoms with Crippen molar-refractivity contribution < 1.29 is 9.59 Å². The van der Waals surface area contributed by atoms with Crippen LogP contribution in [-0.4, -0.2) is 24.4 Å². The lowest BCUT2D eigenvalue weighted by molar-refractivity contribution is -0.117. The van der Waals surface area contributed by atoms with E-state index in [4.69, 9.17) is 0 Å². The third-order valence-corrected chi connectivity index (χ3v) is 8.09. The van der Waals surface area contributed by atoms with E-state index >= 15 is 0 Å². The highest BCUT2D eigenvalue weighted by atomic mass is 32.1. The second kappa shape index (κ2) is 9.13. The van der Waals surface area contributed by atoms with Gasteiger partial charge < -0.3 is 16.0 Å². The number of hydrogen-bond acceptors (Lipinski definition) is 4. The predicted octanol–water partition coefficient (Wildman–Crippen LogP) is 4.27. The van der Waals surface area contributed by atoms with E-state index < -0.39 is 0 Å². The third-order valence-electron chi connectivity index (χ3n) is 6.89. The first kappa shape index (κ1) is 20.7. The molecule has 31 heavy (non-hydrogen) atoms. The lowest BCUT2D eigenvalue weighted by atomic mass is 9.85. The van der Waals surface area contributed by atoms with Crippen molar-refractivity contribution in [2.75, 3.05) is 11.9 Å². The highest BCUT2D eigenvalue weighted by Gasteiger charge is 2.34. The van der Waals surface area contributed by atoms with Crippen LogP contribution in [0.2, 0.25) is 0 Å². The Morgan fingerprint density at radius 1 is 1.03 bits per heavy atom. The number of aryl methyl sites for hydroxylation is 1. The van der Waals surface area contributed by atoms with Gasteiger partial charge in [0.25, 0.3) is 5.91 Å². The van der Waals surface area contributed by atoms with Crippen molar-refractivity contribution in [3.05, 3.63) is 51.9 Å². The van der Waals surface area contributed by atoms with E-state index in [9.17, 15) is 9.59 Å². The fourth-order valence-corrected chi connectivity index (χ4v) is 5.77. The van der Waals surface area contributed by atoms with Gasteiger partial charge in [0.15, 0.2) is 0 Å². The van der Waals surface area contributed by atoms with Crippen LogP contribution in [-0.2, 0) is 24.2 Å². The van der Waals surface area contributed by atoms with Crippen molar-refractivity contribution in [2.24, 2.45) is 11.8 Å². The summed E-state index contributed by atoms with van der Waals surface area (Å²) in [7, 11) is 0. The van der Waals surface area contributed by atoms with Gasteiger partial charge in [-0.05, 0) is 62.0 Å². The summed E-state index contributed by atoms with van der Waals surface area (Å²) in [5.74, 6) is 0.804. The molecular weight excluding hydrogens is 406 g/mol. The minimum absolute atomic E-state index is 0.0146. The summed E-state index contributed by atoms with van der Waals surface area (Å²) < 4.78 is 0. The SMILES string of the molecule is O=C(NCC1CCC1)c1c(NC(=O)C2CC2)sc2c1CC(NCc1ccccc1)CC2. The van der Waals surface area contributed by atoms with Crippen LogP contribution < -0.4 is 16.0 Å². The number of thiophene rings is 1. The summed E-state index contributed by atoms with van der Waals surface area (Å²) in [6.45, 7) is 1.58. The Morgan fingerprint density at radius 2 is 1.84 bits per heavy atom. The van der Waals surface area contributed by atoms with Gasteiger partial charge in [0.05, 0.1) is 5.56 Å². The Kier molecular flexibility index (Phi) is 6.10. The molecule has 2 aromatic rings. The molecule has 2 saturated carbocycles. The van der Waals surface area contributed by atoms with Crippen LogP contribution in [0.3, 0.4) is 0 Å². The standard InChI is InChI=1S/C25H31N3O2S/c29-23(18-9-10-18)28-25-22(24(30)27-15-17-7-4-8-17)20-13-19(11-12-21(20)31-25)26-14-16-5-2-1-3-6-16/h1-3,5-6,17-19,26H,4,7-15H2,(H,27,30)(H,28,29). The van der Waals surface area contributed by atoms with Crippen molar-refractivity contribution in [1.29, 1.82) is 0 Å². The molecule has 164 valence electrons. The van der Waals surface area contributed by atoms with Crippen molar-refractivity contribution in [3.8, 4) is 0 Å². The molecule has 1 atom stereocenters. The van der Waals surface area contributed by atoms with E-state index in [2.05, 4.69) is 40.2 Å². The number of hydrogen-bond donors (Lipinski definition) is 3. The molecule has 0 radical (unpaired) electrons. The molecule has 2 fully saturated rings. The van der Waals surface area contributed by atoms with Gasteiger partial charge in [-0.1, -0.05) is 36.8 Å². The minimum atomic E-state index is -0.0146. The third kappa shape index (κ3) is 4.85. The van der Waals surface area contributed by atoms with Gasteiger partial charge in [-0.25, -0.2) is 0 Å². The fourth-order valence-electron chi connectivity index (χ4n) is 4.53. The quantitative estimate of drug-likeness (QED) is 0.577. The molecule has 6 heteroatoms. The average Bonchev–Trinajstić information content (AvgIpc) is 3.53. The predicted molar refractivity (Wildman–Crippen MR) is 124 cm³/mol. The average molecular weight is 438 g/mol. The summed E-state index contributed by atoms with van der Waals surface area (Å²) >= 11 is 1.61. The van der Waals surface area contributed by atoms with Gasteiger partial charge >= 0.3 is 0 Å². The van der Waals surface area contributed by atoms with Crippen LogP contribution in [0.5, 0.6) is 0 Å². The molecule has 5 nitrogen and oxygen atoms in total. The molecule has 1 unspecified atom stereocenters. The number of carbonyl (C=O) groups is 2. The number of fused-ring (bicyclic) bond motifs is 1. The first-order valence-corrected chi connectivity index (χ1v) is 12.5. The first-order valence-electron chi connectivity index (χ1n) is 11.7. The maximum absolute atomic E-state index is 13.2. The summed E-state index contributed by atoms with van der Waals surface area (Å²) in [6, 6.07) is 10.8. The highest BCUT2D eigenvalue weighted by molar-refractivity contribution is 7.17. The Labute approximate surface area is 188 Å². The fraction of sp³-hybridized carbons (Fsp3) is 0.520. The van der Waals surface area contributed by atoms with Crippen LogP contribution in [0.25, 0.3) is 0 Å². The molecule has 1 aromatic carbocycles. The Hall–Kier alpha value is -2.18. The van der Waals surface area contributed by atoms with Crippen molar-refractivity contribution >= 4 is 28.2 Å². The molecule has 3 aliphatic carbocycles. The molecule has 0 bridgehead atoms. The van der Waals surface area contributed by atoms with Crippen LogP contribution in [0.1, 0.15) is 64.9 Å². The molecule has 0 spiro atoms. The van der Waals surface area contributed by atoms with E-state index in [1.54, 1.807) is 11.3 Å². The molecule has 0 saturated heterocycles. The smallest absolute Gasteiger partial charge is 0.254 e. The number of benzene rings is 1. The van der Waals surface area contributed by atoms with Crippen LogP contribution in [0.15, 0.2) is 30.3 Å². The summed E-state index contributed by atoms with van der Waals surface area (Å²) in [5, 5.41) is 10.7. The topological polar surface area (TPSA) is 70.2 Å². The zero-order valence-corrected chi connectivity index (χ0v) is 18.7. The maximum atomic E-state index is 13.2. The van der Waals surface area contributed by atoms with E-state index in [-0.39, 0.29) is 17.7 Å². The molecule has 1 aromatic heterocycles. The Balaban J connectivity index is 1.32. The lowest BCUT2D eigenvalue weighted by Crippen LogP contribution is -2.36. The largest absolute Gasteiger partial charge is 0.352 e. The number of rotatable bonds is 8.